The Kier molecular flexibility index (Phi) is 4.66. The fourth-order valence-corrected chi connectivity index (χ4v) is 4.41. The topological polar surface area (TPSA) is 130 Å². The maximum Gasteiger partial charge on any atom is 0.253 e. The van der Waals surface area contributed by atoms with Crippen molar-refractivity contribution in [3.8, 4) is 17.2 Å². The molecule has 170 valence electrons. The molecule has 0 saturated carbocycles. The molecule has 3 heterocycles. The Morgan fingerprint density at radius 2 is 1.94 bits per heavy atom. The van der Waals surface area contributed by atoms with Gasteiger partial charge in [-0.05, 0) is 49.8 Å². The molecule has 0 bridgehead atoms. The number of hydrogen-bond donors (Lipinski definition) is 3. The van der Waals surface area contributed by atoms with E-state index in [-0.39, 0.29) is 40.0 Å². The first-order valence-electron chi connectivity index (χ1n) is 10.7. The summed E-state index contributed by atoms with van der Waals surface area (Å²) < 4.78 is 11.2. The molecule has 1 aromatic carbocycles. The van der Waals surface area contributed by atoms with Gasteiger partial charge in [-0.2, -0.15) is 0 Å². The lowest BCUT2D eigenvalue weighted by atomic mass is 9.73. The lowest BCUT2D eigenvalue weighted by Gasteiger charge is -2.38. The minimum Gasteiger partial charge on any atom is -0.504 e. The van der Waals surface area contributed by atoms with Crippen LogP contribution >= 0.6 is 0 Å². The normalized spacial score (nSPS) is 17.2. The lowest BCUT2D eigenvalue weighted by Crippen LogP contribution is -2.41. The predicted octanol–water partition coefficient (Wildman–Crippen LogP) is 4.12. The smallest absolute Gasteiger partial charge is 0.253 e. The Hall–Kier alpha value is -3.88. The summed E-state index contributed by atoms with van der Waals surface area (Å²) in [6, 6.07) is 3.25. The van der Waals surface area contributed by atoms with Gasteiger partial charge < -0.3 is 24.7 Å². The molecule has 5 rings (SSSR count). The van der Waals surface area contributed by atoms with Gasteiger partial charge in [-0.1, -0.05) is 19.0 Å². The second-order valence-electron chi connectivity index (χ2n) is 9.24. The van der Waals surface area contributed by atoms with Crippen LogP contribution in [0, 0.1) is 19.3 Å². The quantitative estimate of drug-likeness (QED) is 0.386. The second kappa shape index (κ2) is 7.33. The number of furan rings is 1. The molecule has 9 nitrogen and oxygen atoms in total. The number of aryl methyl sites for hydroxylation is 3. The van der Waals surface area contributed by atoms with Crippen molar-refractivity contribution in [2.45, 2.75) is 46.6 Å². The first-order valence-corrected chi connectivity index (χ1v) is 10.7. The largest absolute Gasteiger partial charge is 0.504 e. The number of anilines is 3. The molecule has 0 radical (unpaired) electrons. The van der Waals surface area contributed by atoms with E-state index < -0.39 is 10.9 Å². The van der Waals surface area contributed by atoms with Crippen molar-refractivity contribution in [1.29, 1.82) is 0 Å². The van der Waals surface area contributed by atoms with Crippen LogP contribution in [0.15, 0.2) is 43.1 Å². The van der Waals surface area contributed by atoms with Crippen molar-refractivity contribution in [3.63, 3.8) is 0 Å². The number of nitrogens with one attached hydrogen (secondary N) is 2. The third-order valence-electron chi connectivity index (χ3n) is 6.39. The maximum absolute atomic E-state index is 12.5. The van der Waals surface area contributed by atoms with Crippen molar-refractivity contribution in [2.24, 2.45) is 5.41 Å². The van der Waals surface area contributed by atoms with E-state index in [1.54, 1.807) is 6.92 Å². The number of nitrogens with zero attached hydrogens (tertiary/aromatic N) is 2. The predicted molar refractivity (Wildman–Crippen MR) is 123 cm³/mol. The van der Waals surface area contributed by atoms with Crippen LogP contribution < -0.4 is 21.5 Å². The highest BCUT2D eigenvalue weighted by atomic mass is 16.5. The van der Waals surface area contributed by atoms with Gasteiger partial charge in [0, 0.05) is 11.8 Å². The van der Waals surface area contributed by atoms with Gasteiger partial charge in [0.25, 0.3) is 10.9 Å². The third kappa shape index (κ3) is 3.31. The molecule has 3 aromatic heterocycles. The standard InChI is InChI=1S/C24H24N4O5/c1-11-10-26-33-21(11)17-18(29)14(6-8-25-17)27-15-16(20(31)19(15)30)28-23-22-13(9-12(2)32-22)5-7-24(23,3)4/h6,8-10,23,28-29H,5,7H2,1-4H3,(H,25,27). The zero-order valence-corrected chi connectivity index (χ0v) is 18.8. The highest BCUT2D eigenvalue weighted by molar-refractivity contribution is 5.83. The molecule has 0 fully saturated rings. The molecule has 1 unspecified atom stereocenters. The highest BCUT2D eigenvalue weighted by Gasteiger charge is 2.40. The maximum atomic E-state index is 12.5. The van der Waals surface area contributed by atoms with E-state index in [9.17, 15) is 14.7 Å². The number of rotatable bonds is 5. The van der Waals surface area contributed by atoms with E-state index in [2.05, 4.69) is 34.6 Å². The zero-order valence-electron chi connectivity index (χ0n) is 18.8. The van der Waals surface area contributed by atoms with Crippen LogP contribution in [0.5, 0.6) is 5.75 Å². The van der Waals surface area contributed by atoms with Gasteiger partial charge >= 0.3 is 0 Å². The fraction of sp³-hybridized carbons (Fsp3) is 0.333. The van der Waals surface area contributed by atoms with Crippen LogP contribution in [0.2, 0.25) is 0 Å². The minimum atomic E-state index is -0.657. The van der Waals surface area contributed by atoms with Crippen molar-refractivity contribution < 1.29 is 14.0 Å². The first-order chi connectivity index (χ1) is 15.7. The Morgan fingerprint density at radius 3 is 2.67 bits per heavy atom. The Labute approximate surface area is 189 Å². The van der Waals surface area contributed by atoms with Gasteiger partial charge in [-0.15, -0.1) is 0 Å². The van der Waals surface area contributed by atoms with E-state index in [1.165, 1.54) is 18.5 Å². The van der Waals surface area contributed by atoms with Gasteiger partial charge in [0.2, 0.25) is 0 Å². The van der Waals surface area contributed by atoms with E-state index >= 15 is 0 Å². The van der Waals surface area contributed by atoms with Gasteiger partial charge in [-0.25, -0.2) is 4.98 Å². The number of aromatic hydroxyl groups is 1. The second-order valence-corrected chi connectivity index (χ2v) is 9.24. The van der Waals surface area contributed by atoms with Gasteiger partial charge in [0.1, 0.15) is 22.9 Å². The summed E-state index contributed by atoms with van der Waals surface area (Å²) in [5.74, 6) is 1.71. The van der Waals surface area contributed by atoms with Crippen LogP contribution in [0.1, 0.15) is 49.0 Å². The molecule has 3 N–H and O–H groups in total. The van der Waals surface area contributed by atoms with Crippen LogP contribution in [-0.2, 0) is 6.42 Å². The van der Waals surface area contributed by atoms with E-state index in [0.29, 0.717) is 11.3 Å². The number of aromatic nitrogens is 2. The summed E-state index contributed by atoms with van der Waals surface area (Å²) in [4.78, 5) is 29.1. The zero-order chi connectivity index (χ0) is 23.5. The number of hydrogen-bond acceptors (Lipinski definition) is 9. The monoisotopic (exact) mass is 448 g/mol. The Balaban J connectivity index is 1.49. The average Bonchev–Trinajstić information content (AvgIpc) is 3.37. The molecule has 1 aliphatic carbocycles. The van der Waals surface area contributed by atoms with Crippen LogP contribution in [0.3, 0.4) is 0 Å². The average molecular weight is 448 g/mol. The number of fused-ring (bicyclic) bond motifs is 1. The van der Waals surface area contributed by atoms with E-state index in [4.69, 9.17) is 8.94 Å². The Bertz CT molecular complexity index is 1440. The molecule has 33 heavy (non-hydrogen) atoms. The molecule has 0 spiro atoms. The summed E-state index contributed by atoms with van der Waals surface area (Å²) in [6.45, 7) is 7.88. The SMILES string of the molecule is Cc1cc2c(o1)C(Nc1c(Nc3ccnc(-c4oncc4C)c3O)c(=O)c1=O)C(C)(C)CC2. The van der Waals surface area contributed by atoms with Crippen molar-refractivity contribution in [3.05, 3.63) is 67.6 Å². The van der Waals surface area contributed by atoms with Gasteiger partial charge in [0.05, 0.1) is 17.9 Å². The van der Waals surface area contributed by atoms with Crippen LogP contribution in [0.4, 0.5) is 17.1 Å². The molecule has 0 saturated heterocycles. The molecule has 0 amide bonds. The molecule has 1 atom stereocenters. The summed E-state index contributed by atoms with van der Waals surface area (Å²) in [5.41, 5.74) is 1.02. The van der Waals surface area contributed by atoms with E-state index in [1.807, 2.05) is 13.0 Å². The van der Waals surface area contributed by atoms with Crippen molar-refractivity contribution in [2.75, 3.05) is 10.6 Å². The van der Waals surface area contributed by atoms with Crippen molar-refractivity contribution in [1.82, 2.24) is 10.1 Å². The first kappa shape index (κ1) is 21.0. The molecule has 1 aliphatic rings. The highest BCUT2D eigenvalue weighted by Crippen LogP contribution is 2.47. The Morgan fingerprint density at radius 1 is 1.18 bits per heavy atom. The molecular weight excluding hydrogens is 424 g/mol. The lowest BCUT2D eigenvalue weighted by molar-refractivity contribution is 0.232. The number of pyridine rings is 1. The summed E-state index contributed by atoms with van der Waals surface area (Å²) in [5, 5.41) is 20.7. The molecule has 9 heteroatoms. The fourth-order valence-electron chi connectivity index (χ4n) is 4.41. The van der Waals surface area contributed by atoms with Gasteiger partial charge in [0.15, 0.2) is 17.2 Å². The van der Waals surface area contributed by atoms with Crippen molar-refractivity contribution >= 4 is 17.1 Å². The molecular formula is C24H24N4O5. The van der Waals surface area contributed by atoms with Crippen LogP contribution in [0.25, 0.3) is 11.5 Å². The third-order valence-corrected chi connectivity index (χ3v) is 6.39. The van der Waals surface area contributed by atoms with E-state index in [0.717, 1.165) is 29.9 Å². The summed E-state index contributed by atoms with van der Waals surface area (Å²) >= 11 is 0. The minimum absolute atomic E-state index is 0.0907. The summed E-state index contributed by atoms with van der Waals surface area (Å²) in [6.07, 6.45) is 4.79. The molecule has 0 aliphatic heterocycles. The van der Waals surface area contributed by atoms with Crippen LogP contribution in [-0.4, -0.2) is 15.2 Å². The summed E-state index contributed by atoms with van der Waals surface area (Å²) in [7, 11) is 0. The van der Waals surface area contributed by atoms with Gasteiger partial charge in [-0.3, -0.25) is 9.59 Å². The molecule has 4 aromatic rings.